The van der Waals surface area contributed by atoms with Gasteiger partial charge in [0.05, 0.1) is 8.59 Å². The lowest BCUT2D eigenvalue weighted by Gasteiger charge is -2.07. The number of rotatable bonds is 0. The van der Waals surface area contributed by atoms with E-state index >= 15 is 0 Å². The van der Waals surface area contributed by atoms with Crippen LogP contribution in [0, 0.1) is 10.7 Å². The van der Waals surface area contributed by atoms with E-state index in [1.807, 2.05) is 22.6 Å². The first-order valence-electron chi connectivity index (χ1n) is 2.67. The number of benzene rings is 1. The quantitative estimate of drug-likeness (QED) is 0.292. The fourth-order valence-corrected chi connectivity index (χ4v) is 3.56. The van der Waals surface area contributed by atoms with E-state index in [9.17, 15) is 5.11 Å². The highest BCUT2D eigenvalue weighted by molar-refractivity contribution is 14.1. The summed E-state index contributed by atoms with van der Waals surface area (Å²) in [6, 6.07) is 0. The van der Waals surface area contributed by atoms with Crippen LogP contribution in [-0.2, 0) is 0 Å². The summed E-state index contributed by atoms with van der Waals surface area (Å²) in [5.74, 6) is 0.0621. The van der Waals surface area contributed by atoms with Gasteiger partial charge in [0.15, 0.2) is 0 Å². The van der Waals surface area contributed by atoms with Gasteiger partial charge >= 0.3 is 0 Å². The predicted molar refractivity (Wildman–Crippen MR) is 76.3 cm³/mol. The number of aromatic hydroxyl groups is 1. The molecule has 0 saturated heterocycles. The van der Waals surface area contributed by atoms with E-state index in [1.165, 1.54) is 0 Å². The summed E-state index contributed by atoms with van der Waals surface area (Å²) in [7, 11) is 0. The Balaban J connectivity index is 3.60. The molecule has 6 heteroatoms. The van der Waals surface area contributed by atoms with Gasteiger partial charge in [0.2, 0.25) is 0 Å². The van der Waals surface area contributed by atoms with Crippen molar-refractivity contribution < 1.29 is 5.11 Å². The lowest BCUT2D eigenvalue weighted by Crippen LogP contribution is -1.89. The fraction of sp³-hybridized carbons (Fsp3) is 0. The zero-order chi connectivity index (χ0) is 9.46. The van der Waals surface area contributed by atoms with Crippen LogP contribution in [0.1, 0.15) is 0 Å². The Labute approximate surface area is 121 Å². The summed E-state index contributed by atoms with van der Waals surface area (Å²) >= 11 is 17.9. The fourth-order valence-electron chi connectivity index (χ4n) is 0.593. The van der Waals surface area contributed by atoms with E-state index in [0.29, 0.717) is 5.02 Å². The average molecular weight is 541 g/mol. The minimum atomic E-state index is 0.0621. The topological polar surface area (TPSA) is 20.2 Å². The third-order valence-corrected chi connectivity index (χ3v) is 7.62. The van der Waals surface area contributed by atoms with Gasteiger partial charge in [-0.15, -0.1) is 0 Å². The SMILES string of the molecule is Oc1c(Cl)c(Cl)c(I)c(I)c1I. The van der Waals surface area contributed by atoms with Crippen LogP contribution in [0.5, 0.6) is 5.75 Å². The lowest BCUT2D eigenvalue weighted by atomic mass is 10.3. The van der Waals surface area contributed by atoms with Crippen molar-refractivity contribution in [2.75, 3.05) is 0 Å². The Hall–Kier alpha value is 1.79. The van der Waals surface area contributed by atoms with E-state index in [2.05, 4.69) is 45.2 Å². The Morgan fingerprint density at radius 1 is 0.833 bits per heavy atom. The number of hydrogen-bond donors (Lipinski definition) is 1. The monoisotopic (exact) mass is 540 g/mol. The standard InChI is InChI=1S/C6HCl2I3O/c7-1-2(8)6(12)5(11)4(10)3(1)9/h12H. The van der Waals surface area contributed by atoms with E-state index < -0.39 is 0 Å². The molecular weight excluding hydrogens is 540 g/mol. The van der Waals surface area contributed by atoms with Crippen molar-refractivity contribution in [1.29, 1.82) is 0 Å². The minimum Gasteiger partial charge on any atom is -0.505 e. The van der Waals surface area contributed by atoms with Gasteiger partial charge < -0.3 is 5.11 Å². The molecule has 0 bridgehead atoms. The summed E-state index contributed by atoms with van der Waals surface area (Å²) in [5, 5.41) is 10.1. The molecule has 0 heterocycles. The van der Waals surface area contributed by atoms with Gasteiger partial charge in [-0.3, -0.25) is 0 Å². The predicted octanol–water partition coefficient (Wildman–Crippen LogP) is 4.51. The zero-order valence-electron chi connectivity index (χ0n) is 5.34. The van der Waals surface area contributed by atoms with Crippen LogP contribution in [0.3, 0.4) is 0 Å². The first-order valence-corrected chi connectivity index (χ1v) is 6.66. The number of phenols is 1. The molecule has 0 aliphatic carbocycles. The molecule has 0 atom stereocenters. The van der Waals surface area contributed by atoms with Gasteiger partial charge in [0.1, 0.15) is 10.8 Å². The molecule has 0 radical (unpaired) electrons. The van der Waals surface area contributed by atoms with Crippen LogP contribution in [0.4, 0.5) is 0 Å². The second kappa shape index (κ2) is 4.54. The van der Waals surface area contributed by atoms with Crippen molar-refractivity contribution in [2.24, 2.45) is 0 Å². The molecule has 0 spiro atoms. The third-order valence-electron chi connectivity index (χ3n) is 1.19. The summed E-state index contributed by atoms with van der Waals surface area (Å²) in [6.45, 7) is 0. The molecule has 1 nitrogen and oxygen atoms in total. The molecule has 1 N–H and O–H groups in total. The normalized spacial score (nSPS) is 10.4. The number of halogens is 5. The smallest absolute Gasteiger partial charge is 0.150 e. The number of hydrogen-bond acceptors (Lipinski definition) is 1. The van der Waals surface area contributed by atoms with Crippen molar-refractivity contribution in [1.82, 2.24) is 0 Å². The highest BCUT2D eigenvalue weighted by Gasteiger charge is 2.16. The van der Waals surface area contributed by atoms with E-state index in [4.69, 9.17) is 23.2 Å². The average Bonchev–Trinajstić information content (AvgIpc) is 2.08. The molecule has 12 heavy (non-hydrogen) atoms. The van der Waals surface area contributed by atoms with Crippen LogP contribution >= 0.6 is 91.0 Å². The van der Waals surface area contributed by atoms with Gasteiger partial charge in [-0.25, -0.2) is 0 Å². The minimum absolute atomic E-state index is 0.0621. The van der Waals surface area contributed by atoms with Crippen LogP contribution in [0.15, 0.2) is 0 Å². The van der Waals surface area contributed by atoms with Crippen molar-refractivity contribution in [3.8, 4) is 5.75 Å². The maximum absolute atomic E-state index is 9.46. The summed E-state index contributed by atoms with van der Waals surface area (Å²) < 4.78 is 2.55. The second-order valence-corrected chi connectivity index (χ2v) is 5.91. The van der Waals surface area contributed by atoms with Crippen molar-refractivity contribution in [3.05, 3.63) is 20.8 Å². The van der Waals surface area contributed by atoms with Crippen LogP contribution in [0.2, 0.25) is 10.0 Å². The van der Waals surface area contributed by atoms with E-state index in [-0.39, 0.29) is 10.8 Å². The first kappa shape index (κ1) is 11.9. The first-order chi connectivity index (χ1) is 5.46. The molecule has 1 aromatic carbocycles. The van der Waals surface area contributed by atoms with Crippen molar-refractivity contribution in [3.63, 3.8) is 0 Å². The largest absolute Gasteiger partial charge is 0.505 e. The van der Waals surface area contributed by atoms with Crippen LogP contribution in [0.25, 0.3) is 0 Å². The second-order valence-electron chi connectivity index (χ2n) is 1.92. The van der Waals surface area contributed by atoms with Crippen LogP contribution < -0.4 is 0 Å². The Kier molecular flexibility index (Phi) is 4.49. The molecule has 1 rings (SSSR count). The highest BCUT2D eigenvalue weighted by Crippen LogP contribution is 2.41. The maximum atomic E-state index is 9.46. The summed E-state index contributed by atoms with van der Waals surface area (Å²) in [4.78, 5) is 0. The molecule has 0 aliphatic heterocycles. The molecule has 66 valence electrons. The summed E-state index contributed by atoms with van der Waals surface area (Å²) in [6.07, 6.45) is 0. The zero-order valence-corrected chi connectivity index (χ0v) is 13.3. The summed E-state index contributed by atoms with van der Waals surface area (Å²) in [5.41, 5.74) is 0. The lowest BCUT2D eigenvalue weighted by molar-refractivity contribution is 0.471. The van der Waals surface area contributed by atoms with Crippen LogP contribution in [-0.4, -0.2) is 5.11 Å². The molecular formula is C6HCl2I3O. The molecule has 0 fully saturated rings. The van der Waals surface area contributed by atoms with Gasteiger partial charge in [-0.05, 0) is 67.8 Å². The molecule has 0 aliphatic rings. The van der Waals surface area contributed by atoms with E-state index in [0.717, 1.165) is 10.7 Å². The molecule has 0 aromatic heterocycles. The Bertz CT molecular complexity index is 235. The van der Waals surface area contributed by atoms with E-state index in [1.54, 1.807) is 0 Å². The molecule has 1 aromatic rings. The van der Waals surface area contributed by atoms with Gasteiger partial charge in [-0.2, -0.15) is 0 Å². The Morgan fingerprint density at radius 3 is 1.83 bits per heavy atom. The van der Waals surface area contributed by atoms with Gasteiger partial charge in [0.25, 0.3) is 0 Å². The third kappa shape index (κ3) is 2.06. The molecule has 0 unspecified atom stereocenters. The Morgan fingerprint density at radius 2 is 1.33 bits per heavy atom. The van der Waals surface area contributed by atoms with Crippen molar-refractivity contribution >= 4 is 91.0 Å². The van der Waals surface area contributed by atoms with Gasteiger partial charge in [0, 0.05) is 7.14 Å². The van der Waals surface area contributed by atoms with Gasteiger partial charge in [-0.1, -0.05) is 23.2 Å². The number of phenolic OH excluding ortho intramolecular Hbond substituents is 1. The highest BCUT2D eigenvalue weighted by atomic mass is 127. The van der Waals surface area contributed by atoms with Crippen molar-refractivity contribution in [2.45, 2.75) is 0 Å². The maximum Gasteiger partial charge on any atom is 0.150 e. The molecule has 0 saturated carbocycles. The molecule has 0 amide bonds.